The van der Waals surface area contributed by atoms with Gasteiger partial charge < -0.3 is 15.2 Å². The Kier molecular flexibility index (Phi) is 6.41. The molecule has 0 aromatic heterocycles. The van der Waals surface area contributed by atoms with Gasteiger partial charge in [-0.05, 0) is 37.4 Å². The van der Waals surface area contributed by atoms with Crippen LogP contribution in [0, 0.1) is 0 Å². The number of ether oxygens (including phenoxy) is 1. The van der Waals surface area contributed by atoms with E-state index in [1.54, 1.807) is 45.0 Å². The van der Waals surface area contributed by atoms with E-state index in [2.05, 4.69) is 15.3 Å². The number of benzene rings is 1. The van der Waals surface area contributed by atoms with E-state index in [1.165, 1.54) is 0 Å². The van der Waals surface area contributed by atoms with Crippen LogP contribution in [-0.2, 0) is 22.5 Å². The van der Waals surface area contributed by atoms with Crippen molar-refractivity contribution in [3.63, 3.8) is 0 Å². The molecule has 0 saturated heterocycles. The summed E-state index contributed by atoms with van der Waals surface area (Å²) in [5.74, 6) is -1.14. The van der Waals surface area contributed by atoms with Crippen molar-refractivity contribution in [2.75, 3.05) is 0 Å². The van der Waals surface area contributed by atoms with Crippen molar-refractivity contribution in [1.29, 1.82) is 0 Å². The molecule has 2 N–H and O–H groups in total. The number of hydrogen-bond acceptors (Lipinski definition) is 4. The third-order valence-corrected chi connectivity index (χ3v) is 2.77. The molecule has 23 heavy (non-hydrogen) atoms. The first-order valence-corrected chi connectivity index (χ1v) is 7.02. The number of rotatable bonds is 6. The fourth-order valence-electron chi connectivity index (χ4n) is 1.78. The highest BCUT2D eigenvalue weighted by molar-refractivity contribution is 5.80. The Morgan fingerprint density at radius 3 is 2.35 bits per heavy atom. The molecule has 8 nitrogen and oxygen atoms in total. The minimum Gasteiger partial charge on any atom is -0.480 e. The predicted octanol–water partition coefficient (Wildman–Crippen LogP) is 3.02. The average Bonchev–Trinajstić information content (AvgIpc) is 2.43. The second kappa shape index (κ2) is 8.05. The molecule has 0 saturated carbocycles. The second-order valence-corrected chi connectivity index (χ2v) is 5.95. The third kappa shape index (κ3) is 7.19. The molecule has 1 rings (SSSR count). The zero-order valence-corrected chi connectivity index (χ0v) is 13.3. The highest BCUT2D eigenvalue weighted by atomic mass is 16.6. The van der Waals surface area contributed by atoms with Gasteiger partial charge in [0.15, 0.2) is 0 Å². The molecule has 0 aliphatic rings. The minimum atomic E-state index is -1.14. The van der Waals surface area contributed by atoms with E-state index in [0.29, 0.717) is 0 Å². The maximum Gasteiger partial charge on any atom is 0.408 e. The van der Waals surface area contributed by atoms with Crippen molar-refractivity contribution in [3.05, 3.63) is 45.8 Å². The van der Waals surface area contributed by atoms with Crippen LogP contribution in [0.15, 0.2) is 29.4 Å². The zero-order chi connectivity index (χ0) is 17.5. The number of hydrogen-bond donors (Lipinski definition) is 2. The van der Waals surface area contributed by atoms with Crippen LogP contribution in [0.4, 0.5) is 4.79 Å². The Bertz CT molecular complexity index is 601. The number of alkyl carbamates (subject to hydrolysis) is 1. The van der Waals surface area contributed by atoms with Crippen molar-refractivity contribution in [1.82, 2.24) is 5.32 Å². The molecule has 0 heterocycles. The molecular weight excluding hydrogens is 300 g/mol. The lowest BCUT2D eigenvalue weighted by atomic mass is 10.0. The lowest BCUT2D eigenvalue weighted by Crippen LogP contribution is -2.44. The van der Waals surface area contributed by atoms with E-state index in [9.17, 15) is 14.7 Å². The standard InChI is InChI=1S/C15H20N4O4/c1-15(2,3)23-14(22)18-12(13(20)21)8-10-4-6-11(7-5-10)9-17-19-16/h4-7,12H,8-9H2,1-3H3,(H,18,22)(H,20,21). The highest BCUT2D eigenvalue weighted by Gasteiger charge is 2.24. The van der Waals surface area contributed by atoms with Gasteiger partial charge in [-0.25, -0.2) is 9.59 Å². The van der Waals surface area contributed by atoms with E-state index in [4.69, 9.17) is 10.3 Å². The third-order valence-electron chi connectivity index (χ3n) is 2.77. The van der Waals surface area contributed by atoms with Crippen LogP contribution < -0.4 is 5.32 Å². The minimum absolute atomic E-state index is 0.121. The van der Waals surface area contributed by atoms with Crippen molar-refractivity contribution in [3.8, 4) is 0 Å². The lowest BCUT2D eigenvalue weighted by Gasteiger charge is -2.22. The topological polar surface area (TPSA) is 124 Å². The summed E-state index contributed by atoms with van der Waals surface area (Å²) in [6.07, 6.45) is -0.652. The van der Waals surface area contributed by atoms with Gasteiger partial charge in [-0.15, -0.1) is 0 Å². The largest absolute Gasteiger partial charge is 0.480 e. The first-order chi connectivity index (χ1) is 10.7. The molecule has 0 spiro atoms. The molecule has 1 aromatic carbocycles. The fraction of sp³-hybridized carbons (Fsp3) is 0.467. The van der Waals surface area contributed by atoms with E-state index in [-0.39, 0.29) is 13.0 Å². The smallest absolute Gasteiger partial charge is 0.408 e. The molecule has 1 unspecified atom stereocenters. The molecule has 0 fully saturated rings. The van der Waals surface area contributed by atoms with Gasteiger partial charge in [-0.1, -0.05) is 29.4 Å². The van der Waals surface area contributed by atoms with Crippen LogP contribution in [0.3, 0.4) is 0 Å². The van der Waals surface area contributed by atoms with Gasteiger partial charge in [-0.2, -0.15) is 0 Å². The number of carbonyl (C=O) groups is 2. The lowest BCUT2D eigenvalue weighted by molar-refractivity contribution is -0.139. The number of carboxylic acids is 1. The van der Waals surface area contributed by atoms with E-state index < -0.39 is 23.7 Å². The maximum atomic E-state index is 11.7. The fourth-order valence-corrected chi connectivity index (χ4v) is 1.78. The summed E-state index contributed by atoms with van der Waals surface area (Å²) >= 11 is 0. The van der Waals surface area contributed by atoms with Crippen molar-refractivity contribution >= 4 is 12.1 Å². The van der Waals surface area contributed by atoms with Gasteiger partial charge in [0.25, 0.3) is 0 Å². The van der Waals surface area contributed by atoms with Crippen LogP contribution in [0.5, 0.6) is 0 Å². The van der Waals surface area contributed by atoms with Gasteiger partial charge in [0.05, 0.1) is 6.54 Å². The van der Waals surface area contributed by atoms with Gasteiger partial charge in [0.1, 0.15) is 11.6 Å². The number of carbonyl (C=O) groups excluding carboxylic acids is 1. The van der Waals surface area contributed by atoms with Gasteiger partial charge in [-0.3, -0.25) is 0 Å². The predicted molar refractivity (Wildman–Crippen MR) is 83.8 cm³/mol. The van der Waals surface area contributed by atoms with E-state index in [0.717, 1.165) is 11.1 Å². The number of aliphatic carboxylic acids is 1. The molecule has 1 atom stereocenters. The number of amides is 1. The molecule has 0 aliphatic carbocycles. The van der Waals surface area contributed by atoms with Gasteiger partial charge in [0, 0.05) is 11.3 Å². The Labute approximate surface area is 134 Å². The first kappa shape index (κ1) is 18.3. The van der Waals surface area contributed by atoms with Crippen LogP contribution >= 0.6 is 0 Å². The summed E-state index contributed by atoms with van der Waals surface area (Å²) in [6, 6.07) is 5.87. The number of carboxylic acid groups (broad SMARTS) is 1. The van der Waals surface area contributed by atoms with Crippen LogP contribution in [0.2, 0.25) is 0 Å². The van der Waals surface area contributed by atoms with E-state index in [1.807, 2.05) is 0 Å². The van der Waals surface area contributed by atoms with Gasteiger partial charge >= 0.3 is 12.1 Å². The molecule has 124 valence electrons. The maximum absolute atomic E-state index is 11.7. The van der Waals surface area contributed by atoms with E-state index >= 15 is 0 Å². The Morgan fingerprint density at radius 2 is 1.87 bits per heavy atom. The Morgan fingerprint density at radius 1 is 1.30 bits per heavy atom. The van der Waals surface area contributed by atoms with Gasteiger partial charge in [0.2, 0.25) is 0 Å². The van der Waals surface area contributed by atoms with Crippen LogP contribution in [-0.4, -0.2) is 28.8 Å². The van der Waals surface area contributed by atoms with Crippen molar-refractivity contribution < 1.29 is 19.4 Å². The van der Waals surface area contributed by atoms with Crippen molar-refractivity contribution in [2.45, 2.75) is 45.4 Å². The molecule has 0 aliphatic heterocycles. The highest BCUT2D eigenvalue weighted by Crippen LogP contribution is 2.10. The molecule has 8 heteroatoms. The van der Waals surface area contributed by atoms with Crippen molar-refractivity contribution in [2.24, 2.45) is 5.11 Å². The summed E-state index contributed by atoms with van der Waals surface area (Å²) in [5.41, 5.74) is 9.12. The van der Waals surface area contributed by atoms with Crippen LogP contribution in [0.25, 0.3) is 10.4 Å². The number of nitrogens with one attached hydrogen (secondary N) is 1. The SMILES string of the molecule is CC(C)(C)OC(=O)NC(Cc1ccc(CN=[N+]=[N-])cc1)C(=O)O. The average molecular weight is 320 g/mol. The number of nitrogens with zero attached hydrogens (tertiary/aromatic N) is 3. The molecule has 0 bridgehead atoms. The second-order valence-electron chi connectivity index (χ2n) is 5.95. The quantitative estimate of drug-likeness (QED) is 0.474. The molecule has 0 radical (unpaired) electrons. The molecule has 1 amide bonds. The summed E-state index contributed by atoms with van der Waals surface area (Å²) < 4.78 is 5.06. The summed E-state index contributed by atoms with van der Waals surface area (Å²) in [6.45, 7) is 5.33. The summed E-state index contributed by atoms with van der Waals surface area (Å²) in [5, 5.41) is 15.0. The normalized spacial score (nSPS) is 12.0. The zero-order valence-electron chi connectivity index (χ0n) is 13.3. The molecule has 1 aromatic rings. The Hall–Kier alpha value is -2.73. The number of azide groups is 1. The molecular formula is C15H20N4O4. The summed E-state index contributed by atoms with van der Waals surface area (Å²) in [4.78, 5) is 25.7. The van der Waals surface area contributed by atoms with Crippen LogP contribution in [0.1, 0.15) is 31.9 Å². The monoisotopic (exact) mass is 320 g/mol. The Balaban J connectivity index is 2.70. The first-order valence-electron chi connectivity index (χ1n) is 7.02. The summed E-state index contributed by atoms with van der Waals surface area (Å²) in [7, 11) is 0.